The average molecular weight is 389 g/mol. The minimum Gasteiger partial charge on any atom is -0.465 e. The van der Waals surface area contributed by atoms with Gasteiger partial charge in [0.2, 0.25) is 10.0 Å². The fraction of sp³-hybridized carbons (Fsp3) is 0.167. The summed E-state index contributed by atoms with van der Waals surface area (Å²) in [6.07, 6.45) is 0.596. The van der Waals surface area contributed by atoms with Gasteiger partial charge >= 0.3 is 6.09 Å². The molecule has 9 heteroatoms. The van der Waals surface area contributed by atoms with E-state index in [0.717, 1.165) is 21.4 Å². The quantitative estimate of drug-likeness (QED) is 0.641. The van der Waals surface area contributed by atoms with Crippen LogP contribution in [-0.2, 0) is 10.0 Å². The first-order valence-electron chi connectivity index (χ1n) is 8.13. The molecule has 1 aliphatic rings. The molecule has 0 aliphatic carbocycles. The molecule has 1 aliphatic heterocycles. The van der Waals surface area contributed by atoms with E-state index in [1.54, 1.807) is 24.4 Å². The Morgan fingerprint density at radius 2 is 2.04 bits per heavy atom. The Kier molecular flexibility index (Phi) is 3.93. The summed E-state index contributed by atoms with van der Waals surface area (Å²) in [5, 5.41) is 9.89. The molecule has 3 N–H and O–H groups in total. The number of carbonyl (C=O) groups is 1. The van der Waals surface area contributed by atoms with Crippen LogP contribution in [-0.4, -0.2) is 43.1 Å². The van der Waals surface area contributed by atoms with Crippen molar-refractivity contribution in [2.45, 2.75) is 10.9 Å². The highest BCUT2D eigenvalue weighted by molar-refractivity contribution is 7.89. The maximum absolute atomic E-state index is 13.4. The Hall–Kier alpha value is -2.91. The van der Waals surface area contributed by atoms with Crippen LogP contribution in [0.3, 0.4) is 0 Å². The van der Waals surface area contributed by atoms with Crippen LogP contribution < -0.4 is 4.72 Å². The predicted octanol–water partition coefficient (Wildman–Crippen LogP) is 2.92. The number of amides is 1. The summed E-state index contributed by atoms with van der Waals surface area (Å²) in [5.41, 5.74) is 2.71. The summed E-state index contributed by atoms with van der Waals surface area (Å²) in [4.78, 5) is 15.3. The Morgan fingerprint density at radius 3 is 2.78 bits per heavy atom. The van der Waals surface area contributed by atoms with Crippen molar-refractivity contribution < 1.29 is 22.7 Å². The lowest BCUT2D eigenvalue weighted by molar-refractivity contribution is 0.153. The first-order valence-corrected chi connectivity index (χ1v) is 9.62. The Morgan fingerprint density at radius 1 is 1.26 bits per heavy atom. The number of H-pyrrole nitrogens is 1. The number of halogens is 1. The van der Waals surface area contributed by atoms with Crippen LogP contribution in [0.1, 0.15) is 11.6 Å². The number of aromatic amines is 1. The molecule has 27 heavy (non-hydrogen) atoms. The zero-order valence-electron chi connectivity index (χ0n) is 14.2. The summed E-state index contributed by atoms with van der Waals surface area (Å²) < 4.78 is 40.6. The van der Waals surface area contributed by atoms with Gasteiger partial charge in [-0.25, -0.2) is 22.3 Å². The van der Waals surface area contributed by atoms with Gasteiger partial charge in [-0.15, -0.1) is 0 Å². The van der Waals surface area contributed by atoms with Gasteiger partial charge in [0.25, 0.3) is 0 Å². The molecule has 3 aromatic rings. The van der Waals surface area contributed by atoms with Gasteiger partial charge in [-0.05, 0) is 41.5 Å². The first-order chi connectivity index (χ1) is 12.8. The second-order valence-corrected chi connectivity index (χ2v) is 8.16. The summed E-state index contributed by atoms with van der Waals surface area (Å²) in [7, 11) is -2.31. The van der Waals surface area contributed by atoms with Gasteiger partial charge in [0.05, 0.1) is 10.9 Å². The molecule has 1 aromatic heterocycles. The third kappa shape index (κ3) is 2.94. The monoisotopic (exact) mass is 389 g/mol. The molecule has 2 heterocycles. The van der Waals surface area contributed by atoms with Gasteiger partial charge in [0.15, 0.2) is 0 Å². The molecule has 1 unspecified atom stereocenters. The molecule has 0 radical (unpaired) electrons. The number of sulfonamides is 1. The summed E-state index contributed by atoms with van der Waals surface area (Å²) >= 11 is 0. The largest absolute Gasteiger partial charge is 0.465 e. The zero-order chi connectivity index (χ0) is 19.3. The second-order valence-electron chi connectivity index (χ2n) is 6.48. The normalized spacial score (nSPS) is 17.8. The van der Waals surface area contributed by atoms with Crippen LogP contribution in [0.5, 0.6) is 0 Å². The van der Waals surface area contributed by atoms with Crippen LogP contribution in [0.2, 0.25) is 0 Å². The second kappa shape index (κ2) is 6.07. The van der Waals surface area contributed by atoms with Crippen molar-refractivity contribution in [3.8, 4) is 11.1 Å². The first kappa shape index (κ1) is 17.5. The van der Waals surface area contributed by atoms with Crippen LogP contribution in [0.15, 0.2) is 47.5 Å². The van der Waals surface area contributed by atoms with E-state index in [-0.39, 0.29) is 17.3 Å². The number of fused-ring (bicyclic) bond motifs is 2. The van der Waals surface area contributed by atoms with Gasteiger partial charge in [-0.1, -0.05) is 6.07 Å². The predicted molar refractivity (Wildman–Crippen MR) is 97.4 cm³/mol. The van der Waals surface area contributed by atoms with Crippen molar-refractivity contribution >= 4 is 27.0 Å². The van der Waals surface area contributed by atoms with Crippen LogP contribution in [0, 0.1) is 5.82 Å². The average Bonchev–Trinajstić information content (AvgIpc) is 3.13. The molecular weight excluding hydrogens is 373 g/mol. The molecule has 0 saturated carbocycles. The molecule has 2 aromatic carbocycles. The molecule has 0 spiro atoms. The minimum absolute atomic E-state index is 0.00981. The molecule has 1 atom stereocenters. The van der Waals surface area contributed by atoms with Crippen molar-refractivity contribution in [3.63, 3.8) is 0 Å². The number of hydrogen-bond donors (Lipinski definition) is 3. The number of hydrogen-bond acceptors (Lipinski definition) is 3. The van der Waals surface area contributed by atoms with Gasteiger partial charge in [0.1, 0.15) is 5.82 Å². The number of nitrogens with one attached hydrogen (secondary N) is 2. The lowest BCUT2D eigenvalue weighted by atomic mass is 9.99. The summed E-state index contributed by atoms with van der Waals surface area (Å²) in [6, 6.07) is 8.68. The van der Waals surface area contributed by atoms with Crippen LogP contribution >= 0.6 is 0 Å². The van der Waals surface area contributed by atoms with Crippen molar-refractivity contribution in [1.82, 2.24) is 14.6 Å². The maximum atomic E-state index is 13.4. The van der Waals surface area contributed by atoms with Crippen LogP contribution in [0.4, 0.5) is 9.18 Å². The van der Waals surface area contributed by atoms with Crippen LogP contribution in [0.25, 0.3) is 22.0 Å². The molecule has 4 rings (SSSR count). The number of carboxylic acid groups (broad SMARTS) is 1. The maximum Gasteiger partial charge on any atom is 0.407 e. The van der Waals surface area contributed by atoms with E-state index >= 15 is 0 Å². The van der Waals surface area contributed by atoms with Crippen molar-refractivity contribution in [2.24, 2.45) is 0 Å². The van der Waals surface area contributed by atoms with E-state index in [1.165, 1.54) is 25.2 Å². The highest BCUT2D eigenvalue weighted by atomic mass is 32.2. The fourth-order valence-corrected chi connectivity index (χ4v) is 4.83. The summed E-state index contributed by atoms with van der Waals surface area (Å²) in [6.45, 7) is -0.00981. The van der Waals surface area contributed by atoms with Gasteiger partial charge in [0, 0.05) is 36.3 Å². The van der Waals surface area contributed by atoms with E-state index in [4.69, 9.17) is 5.11 Å². The standard InChI is InChI=1S/C18H16FN3O4S/c1-22(18(23)24)9-16-13-6-10(2-5-17(13)27(25,26)21-16)14-8-20-15-7-11(19)3-4-12(14)15/h2-8,16,20-21H,9H2,1H3,(H,23,24). The van der Waals surface area contributed by atoms with Crippen molar-refractivity contribution in [2.75, 3.05) is 13.6 Å². The molecule has 0 saturated heterocycles. The number of rotatable bonds is 3. The summed E-state index contributed by atoms with van der Waals surface area (Å²) in [5.74, 6) is -0.350. The third-order valence-corrected chi connectivity index (χ3v) is 6.26. The van der Waals surface area contributed by atoms with E-state index in [1.807, 2.05) is 0 Å². The molecule has 0 bridgehead atoms. The van der Waals surface area contributed by atoms with Crippen molar-refractivity contribution in [3.05, 3.63) is 54.0 Å². The lowest BCUT2D eigenvalue weighted by Crippen LogP contribution is -2.34. The molecule has 140 valence electrons. The van der Waals surface area contributed by atoms with Gasteiger partial charge < -0.3 is 15.0 Å². The Bertz CT molecular complexity index is 1170. The lowest BCUT2D eigenvalue weighted by Gasteiger charge is -2.18. The highest BCUT2D eigenvalue weighted by Crippen LogP contribution is 2.36. The Labute approximate surface area is 154 Å². The number of likely N-dealkylation sites (N-methyl/N-ethyl adjacent to an activating group) is 1. The smallest absolute Gasteiger partial charge is 0.407 e. The van der Waals surface area contributed by atoms with E-state index < -0.39 is 22.2 Å². The number of nitrogens with zero attached hydrogens (tertiary/aromatic N) is 1. The molecule has 1 amide bonds. The van der Waals surface area contributed by atoms with E-state index in [2.05, 4.69) is 9.71 Å². The van der Waals surface area contributed by atoms with E-state index in [9.17, 15) is 17.6 Å². The SMILES string of the molecule is CN(CC1NS(=O)(=O)c2ccc(-c3c[nH]c4cc(F)ccc34)cc21)C(=O)O. The highest BCUT2D eigenvalue weighted by Gasteiger charge is 2.35. The topological polar surface area (TPSA) is 103 Å². The minimum atomic E-state index is -3.69. The van der Waals surface area contributed by atoms with Gasteiger partial charge in [-0.3, -0.25) is 0 Å². The fourth-order valence-electron chi connectivity index (χ4n) is 3.37. The molecular formula is C18H16FN3O4S. The third-order valence-electron chi connectivity index (χ3n) is 4.71. The molecule has 7 nitrogen and oxygen atoms in total. The zero-order valence-corrected chi connectivity index (χ0v) is 15.0. The number of benzene rings is 2. The van der Waals surface area contributed by atoms with Gasteiger partial charge in [-0.2, -0.15) is 0 Å². The number of aromatic nitrogens is 1. The Balaban J connectivity index is 1.80. The van der Waals surface area contributed by atoms with E-state index in [0.29, 0.717) is 11.1 Å². The molecule has 0 fully saturated rings. The van der Waals surface area contributed by atoms with Crippen molar-refractivity contribution in [1.29, 1.82) is 0 Å².